The van der Waals surface area contributed by atoms with E-state index in [0.717, 1.165) is 17.7 Å². The molecule has 0 unspecified atom stereocenters. The van der Waals surface area contributed by atoms with Gasteiger partial charge in [-0.05, 0) is 38.4 Å². The van der Waals surface area contributed by atoms with Crippen LogP contribution < -0.4 is 10.5 Å². The van der Waals surface area contributed by atoms with Crippen molar-refractivity contribution >= 4 is 5.69 Å². The molecule has 3 nitrogen and oxygen atoms in total. The van der Waals surface area contributed by atoms with E-state index in [-0.39, 0.29) is 11.4 Å². The molecular weight excluding hydrogens is 293 g/mol. The second kappa shape index (κ2) is 6.27. The molecule has 0 bridgehead atoms. The van der Waals surface area contributed by atoms with Crippen LogP contribution in [0, 0.1) is 0 Å². The van der Waals surface area contributed by atoms with Gasteiger partial charge in [0.25, 0.3) is 0 Å². The molecule has 0 aliphatic carbocycles. The minimum Gasteiger partial charge on any atom is -0.455 e. The van der Waals surface area contributed by atoms with Crippen molar-refractivity contribution in [3.8, 4) is 11.5 Å². The van der Waals surface area contributed by atoms with Gasteiger partial charge in [-0.25, -0.2) is 0 Å². The molecule has 0 amide bonds. The number of ether oxygens (including phenoxy) is 1. The fourth-order valence-corrected chi connectivity index (χ4v) is 1.99. The van der Waals surface area contributed by atoms with Crippen molar-refractivity contribution in [1.82, 2.24) is 4.90 Å². The summed E-state index contributed by atoms with van der Waals surface area (Å²) >= 11 is 0. The van der Waals surface area contributed by atoms with Crippen LogP contribution in [0.25, 0.3) is 0 Å². The molecule has 2 N–H and O–H groups in total. The number of hydrogen-bond donors (Lipinski definition) is 1. The van der Waals surface area contributed by atoms with E-state index < -0.39 is 11.7 Å². The second-order valence-corrected chi connectivity index (χ2v) is 5.20. The Morgan fingerprint density at radius 3 is 2.36 bits per heavy atom. The zero-order valence-corrected chi connectivity index (χ0v) is 12.3. The van der Waals surface area contributed by atoms with Gasteiger partial charge in [0.15, 0.2) is 5.75 Å². The highest BCUT2D eigenvalue weighted by Crippen LogP contribution is 2.36. The average molecular weight is 310 g/mol. The molecule has 0 heterocycles. The summed E-state index contributed by atoms with van der Waals surface area (Å²) in [4.78, 5) is 1.94. The molecule has 118 valence electrons. The lowest BCUT2D eigenvalue weighted by molar-refractivity contribution is -0.137. The molecule has 2 aromatic rings. The van der Waals surface area contributed by atoms with Gasteiger partial charge in [0, 0.05) is 12.1 Å². The first-order valence-electron chi connectivity index (χ1n) is 6.64. The van der Waals surface area contributed by atoms with Crippen molar-refractivity contribution in [2.45, 2.75) is 12.7 Å². The van der Waals surface area contributed by atoms with Gasteiger partial charge in [-0.2, -0.15) is 13.2 Å². The number of nitrogen functional groups attached to an aromatic ring is 1. The summed E-state index contributed by atoms with van der Waals surface area (Å²) in [5.74, 6) is 0.489. The quantitative estimate of drug-likeness (QED) is 0.863. The van der Waals surface area contributed by atoms with Crippen molar-refractivity contribution in [2.75, 3.05) is 19.8 Å². The summed E-state index contributed by atoms with van der Waals surface area (Å²) in [5.41, 5.74) is 5.96. The third-order valence-corrected chi connectivity index (χ3v) is 3.02. The van der Waals surface area contributed by atoms with Gasteiger partial charge in [0.1, 0.15) is 5.75 Å². The summed E-state index contributed by atoms with van der Waals surface area (Å²) in [5, 5.41) is 0. The molecule has 0 atom stereocenters. The molecule has 0 aliphatic heterocycles. The number of para-hydroxylation sites is 1. The lowest BCUT2D eigenvalue weighted by Gasteiger charge is -2.16. The summed E-state index contributed by atoms with van der Waals surface area (Å²) in [6, 6.07) is 10.2. The van der Waals surface area contributed by atoms with Gasteiger partial charge in [0.05, 0.1) is 11.3 Å². The second-order valence-electron chi connectivity index (χ2n) is 5.20. The predicted octanol–water partition coefficient (Wildman–Crippen LogP) is 4.14. The minimum atomic E-state index is -4.44. The molecule has 0 aromatic heterocycles. The first-order chi connectivity index (χ1) is 10.3. The van der Waals surface area contributed by atoms with Gasteiger partial charge in [-0.3, -0.25) is 0 Å². The first-order valence-corrected chi connectivity index (χ1v) is 6.64. The number of nitrogens with zero attached hydrogens (tertiary/aromatic N) is 1. The van der Waals surface area contributed by atoms with E-state index in [4.69, 9.17) is 10.5 Å². The molecule has 6 heteroatoms. The van der Waals surface area contributed by atoms with Crippen molar-refractivity contribution in [2.24, 2.45) is 0 Å². The number of nitrogens with two attached hydrogens (primary N) is 1. The van der Waals surface area contributed by atoms with Crippen LogP contribution in [0.15, 0.2) is 42.5 Å². The van der Waals surface area contributed by atoms with Crippen LogP contribution in [-0.2, 0) is 12.7 Å². The van der Waals surface area contributed by atoms with Gasteiger partial charge in [-0.1, -0.05) is 18.2 Å². The van der Waals surface area contributed by atoms with Crippen LogP contribution in [0.4, 0.5) is 18.9 Å². The normalized spacial score (nSPS) is 11.7. The SMILES string of the molecule is CN(C)Cc1ccccc1Oc1cc(C(F)(F)F)ccc1N. The molecule has 0 saturated carbocycles. The van der Waals surface area contributed by atoms with Crippen LogP contribution in [-0.4, -0.2) is 19.0 Å². The molecule has 0 fully saturated rings. The Hall–Kier alpha value is -2.21. The van der Waals surface area contributed by atoms with E-state index in [2.05, 4.69) is 0 Å². The van der Waals surface area contributed by atoms with E-state index in [0.29, 0.717) is 12.3 Å². The molecule has 0 saturated heterocycles. The molecule has 0 radical (unpaired) electrons. The zero-order valence-electron chi connectivity index (χ0n) is 12.3. The first kappa shape index (κ1) is 16.2. The number of benzene rings is 2. The van der Waals surface area contributed by atoms with E-state index in [1.807, 2.05) is 31.1 Å². The Morgan fingerprint density at radius 2 is 1.73 bits per heavy atom. The maximum absolute atomic E-state index is 12.8. The summed E-state index contributed by atoms with van der Waals surface area (Å²) < 4.78 is 44.0. The zero-order chi connectivity index (χ0) is 16.3. The van der Waals surface area contributed by atoms with Crippen LogP contribution in [0.5, 0.6) is 11.5 Å². The lowest BCUT2D eigenvalue weighted by Crippen LogP contribution is -2.11. The Kier molecular flexibility index (Phi) is 4.61. The van der Waals surface area contributed by atoms with Gasteiger partial charge in [0.2, 0.25) is 0 Å². The fraction of sp³-hybridized carbons (Fsp3) is 0.250. The van der Waals surface area contributed by atoms with Gasteiger partial charge >= 0.3 is 6.18 Å². The largest absolute Gasteiger partial charge is 0.455 e. The molecular formula is C16H17F3N2O. The number of alkyl halides is 3. The minimum absolute atomic E-state index is 0.000955. The molecule has 2 rings (SSSR count). The molecule has 0 aliphatic rings. The Labute approximate surface area is 127 Å². The van der Waals surface area contributed by atoms with Gasteiger partial charge in [-0.15, -0.1) is 0 Å². The molecule has 22 heavy (non-hydrogen) atoms. The maximum atomic E-state index is 12.8. The lowest BCUT2D eigenvalue weighted by atomic mass is 10.1. The number of rotatable bonds is 4. The highest BCUT2D eigenvalue weighted by atomic mass is 19.4. The third kappa shape index (κ3) is 3.92. The Morgan fingerprint density at radius 1 is 1.05 bits per heavy atom. The Balaban J connectivity index is 2.35. The predicted molar refractivity (Wildman–Crippen MR) is 79.8 cm³/mol. The number of hydrogen-bond acceptors (Lipinski definition) is 3. The van der Waals surface area contributed by atoms with Crippen LogP contribution >= 0.6 is 0 Å². The monoisotopic (exact) mass is 310 g/mol. The summed E-state index contributed by atoms with van der Waals surface area (Å²) in [7, 11) is 3.80. The van der Waals surface area contributed by atoms with Crippen molar-refractivity contribution < 1.29 is 17.9 Å². The third-order valence-electron chi connectivity index (χ3n) is 3.02. The van der Waals surface area contributed by atoms with Crippen LogP contribution in [0.3, 0.4) is 0 Å². The highest BCUT2D eigenvalue weighted by molar-refractivity contribution is 5.56. The topological polar surface area (TPSA) is 38.5 Å². The number of anilines is 1. The Bertz CT molecular complexity index is 654. The van der Waals surface area contributed by atoms with Crippen LogP contribution in [0.1, 0.15) is 11.1 Å². The number of halogens is 3. The smallest absolute Gasteiger partial charge is 0.416 e. The van der Waals surface area contributed by atoms with E-state index >= 15 is 0 Å². The summed E-state index contributed by atoms with van der Waals surface area (Å²) in [6.07, 6.45) is -4.44. The van der Waals surface area contributed by atoms with Crippen molar-refractivity contribution in [3.05, 3.63) is 53.6 Å². The highest BCUT2D eigenvalue weighted by Gasteiger charge is 2.31. The fourth-order valence-electron chi connectivity index (χ4n) is 1.99. The standard InChI is InChI=1S/C16H17F3N2O/c1-21(2)10-11-5-3-4-6-14(11)22-15-9-12(16(17,18)19)7-8-13(15)20/h3-9H,10,20H2,1-2H3. The molecule has 0 spiro atoms. The van der Waals surface area contributed by atoms with Crippen molar-refractivity contribution in [3.63, 3.8) is 0 Å². The average Bonchev–Trinajstić information content (AvgIpc) is 2.41. The van der Waals surface area contributed by atoms with E-state index in [1.54, 1.807) is 12.1 Å². The van der Waals surface area contributed by atoms with E-state index in [9.17, 15) is 13.2 Å². The maximum Gasteiger partial charge on any atom is 0.416 e. The summed E-state index contributed by atoms with van der Waals surface area (Å²) in [6.45, 7) is 0.606. The van der Waals surface area contributed by atoms with Crippen LogP contribution in [0.2, 0.25) is 0 Å². The van der Waals surface area contributed by atoms with Gasteiger partial charge < -0.3 is 15.4 Å². The van der Waals surface area contributed by atoms with E-state index in [1.165, 1.54) is 6.07 Å². The van der Waals surface area contributed by atoms with Crippen molar-refractivity contribution in [1.29, 1.82) is 0 Å². The molecule has 2 aromatic carbocycles.